The van der Waals surface area contributed by atoms with E-state index in [4.69, 9.17) is 4.74 Å². The largest absolute Gasteiger partial charge is 0.482 e. The Bertz CT molecular complexity index is 329. The molecule has 2 rings (SSSR count). The molecule has 0 radical (unpaired) electrons. The van der Waals surface area contributed by atoms with E-state index in [1.807, 2.05) is 37.3 Å². The third-order valence-electron chi connectivity index (χ3n) is 2.28. The number of ether oxygens (including phenoxy) is 1. The van der Waals surface area contributed by atoms with E-state index < -0.39 is 6.67 Å². The van der Waals surface area contributed by atoms with Gasteiger partial charge in [-0.25, -0.2) is 4.39 Å². The first-order valence-electron chi connectivity index (χ1n) is 4.31. The van der Waals surface area contributed by atoms with Gasteiger partial charge in [-0.05, 0) is 6.92 Å². The number of alkyl halides is 1. The molecule has 0 aromatic heterocycles. The molecule has 0 N–H and O–H groups in total. The predicted molar refractivity (Wildman–Crippen MR) is 49.9 cm³/mol. The van der Waals surface area contributed by atoms with E-state index in [9.17, 15) is 4.39 Å². The van der Waals surface area contributed by atoms with Gasteiger partial charge in [0.2, 0.25) is 0 Å². The Hall–Kier alpha value is -1.31. The molecule has 0 saturated heterocycles. The lowest BCUT2D eigenvalue weighted by Gasteiger charge is -2.30. The van der Waals surface area contributed by atoms with Crippen molar-refractivity contribution in [3.05, 3.63) is 41.5 Å². The van der Waals surface area contributed by atoms with Gasteiger partial charge in [0.15, 0.2) is 6.10 Å². The van der Waals surface area contributed by atoms with E-state index >= 15 is 0 Å². The highest BCUT2D eigenvalue weighted by Crippen LogP contribution is 2.34. The predicted octanol–water partition coefficient (Wildman–Crippen LogP) is 2.79. The molecule has 0 amide bonds. The molecule has 0 saturated carbocycles. The van der Waals surface area contributed by atoms with Crippen LogP contribution in [0.25, 0.3) is 5.76 Å². The number of hydrogen-bond donors (Lipinski definition) is 0. The van der Waals surface area contributed by atoms with E-state index in [1.54, 1.807) is 0 Å². The first kappa shape index (κ1) is 8.30. The van der Waals surface area contributed by atoms with Gasteiger partial charge in [-0.1, -0.05) is 30.3 Å². The first-order chi connectivity index (χ1) is 6.33. The van der Waals surface area contributed by atoms with Gasteiger partial charge in [0, 0.05) is 11.1 Å². The van der Waals surface area contributed by atoms with E-state index in [1.165, 1.54) is 0 Å². The summed E-state index contributed by atoms with van der Waals surface area (Å²) >= 11 is 0. The number of halogens is 1. The molecule has 1 aliphatic rings. The van der Waals surface area contributed by atoms with Crippen molar-refractivity contribution in [3.63, 3.8) is 0 Å². The van der Waals surface area contributed by atoms with Crippen LogP contribution in [0.1, 0.15) is 12.5 Å². The van der Waals surface area contributed by atoms with Gasteiger partial charge in [-0.15, -0.1) is 0 Å². The Balaban J connectivity index is 2.26. The number of rotatable bonds is 2. The summed E-state index contributed by atoms with van der Waals surface area (Å²) in [5.74, 6) is 0.836. The summed E-state index contributed by atoms with van der Waals surface area (Å²) in [4.78, 5) is 0. The third-order valence-corrected chi connectivity index (χ3v) is 2.28. The third kappa shape index (κ3) is 1.32. The second kappa shape index (κ2) is 3.21. The van der Waals surface area contributed by atoms with Gasteiger partial charge >= 0.3 is 0 Å². The molecular weight excluding hydrogens is 167 g/mol. The maximum atomic E-state index is 12.2. The summed E-state index contributed by atoms with van der Waals surface area (Å²) in [6.45, 7) is 1.48. The topological polar surface area (TPSA) is 9.23 Å². The molecule has 68 valence electrons. The van der Waals surface area contributed by atoms with Gasteiger partial charge < -0.3 is 4.74 Å². The summed E-state index contributed by atoms with van der Waals surface area (Å²) in [5, 5.41) is 0. The molecule has 0 aliphatic carbocycles. The van der Waals surface area contributed by atoms with Crippen LogP contribution in [0.3, 0.4) is 0 Å². The molecule has 0 fully saturated rings. The Labute approximate surface area is 76.8 Å². The zero-order chi connectivity index (χ0) is 9.26. The average molecular weight is 178 g/mol. The Morgan fingerprint density at radius 2 is 2.00 bits per heavy atom. The molecule has 0 bridgehead atoms. The van der Waals surface area contributed by atoms with Crippen LogP contribution in [0.15, 0.2) is 35.9 Å². The van der Waals surface area contributed by atoms with Gasteiger partial charge in [0.1, 0.15) is 12.4 Å². The smallest absolute Gasteiger partial charge is 0.152 e. The molecule has 13 heavy (non-hydrogen) atoms. The highest BCUT2D eigenvalue weighted by molar-refractivity contribution is 5.68. The summed E-state index contributed by atoms with van der Waals surface area (Å²) in [6, 6.07) is 9.77. The summed E-state index contributed by atoms with van der Waals surface area (Å²) in [6.07, 6.45) is -0.310. The van der Waals surface area contributed by atoms with Gasteiger partial charge in [0.05, 0.1) is 0 Å². The monoisotopic (exact) mass is 178 g/mol. The van der Waals surface area contributed by atoms with Crippen LogP contribution >= 0.6 is 0 Å². The van der Waals surface area contributed by atoms with Crippen molar-refractivity contribution in [3.8, 4) is 0 Å². The fraction of sp³-hybridized carbons (Fsp3) is 0.273. The molecule has 1 atom stereocenters. The summed E-state index contributed by atoms with van der Waals surface area (Å²) in [5.41, 5.74) is 2.04. The number of hydrogen-bond acceptors (Lipinski definition) is 1. The van der Waals surface area contributed by atoms with E-state index in [0.717, 1.165) is 16.9 Å². The van der Waals surface area contributed by atoms with E-state index in [0.29, 0.717) is 0 Å². The Kier molecular flexibility index (Phi) is 2.05. The van der Waals surface area contributed by atoms with Crippen LogP contribution in [0.2, 0.25) is 0 Å². The van der Waals surface area contributed by atoms with Crippen molar-refractivity contribution >= 4 is 5.76 Å². The molecule has 1 aromatic rings. The molecule has 1 aliphatic heterocycles. The van der Waals surface area contributed by atoms with Crippen molar-refractivity contribution in [1.82, 2.24) is 0 Å². The minimum absolute atomic E-state index is 0.310. The Morgan fingerprint density at radius 1 is 1.31 bits per heavy atom. The fourth-order valence-corrected chi connectivity index (χ4v) is 1.44. The Morgan fingerprint density at radius 3 is 2.54 bits per heavy atom. The summed E-state index contributed by atoms with van der Waals surface area (Å²) < 4.78 is 17.5. The van der Waals surface area contributed by atoms with Crippen molar-refractivity contribution in [2.24, 2.45) is 0 Å². The lowest BCUT2D eigenvalue weighted by molar-refractivity contribution is 0.122. The molecular formula is C11H11FO. The zero-order valence-corrected chi connectivity index (χ0v) is 7.46. The molecule has 0 spiro atoms. The maximum absolute atomic E-state index is 12.2. The molecule has 1 nitrogen and oxygen atoms in total. The van der Waals surface area contributed by atoms with Crippen LogP contribution in [0.4, 0.5) is 4.39 Å². The van der Waals surface area contributed by atoms with Crippen molar-refractivity contribution in [1.29, 1.82) is 0 Å². The van der Waals surface area contributed by atoms with Gasteiger partial charge in [-0.3, -0.25) is 0 Å². The van der Waals surface area contributed by atoms with Crippen molar-refractivity contribution in [2.45, 2.75) is 13.0 Å². The second-order valence-electron chi connectivity index (χ2n) is 3.14. The zero-order valence-electron chi connectivity index (χ0n) is 7.46. The van der Waals surface area contributed by atoms with Crippen molar-refractivity contribution < 1.29 is 9.13 Å². The quantitative estimate of drug-likeness (QED) is 0.676. The van der Waals surface area contributed by atoms with Crippen LogP contribution < -0.4 is 0 Å². The SMILES string of the molecule is CC1=C(c2ccccc2)O[C@@H]1CF. The van der Waals surface area contributed by atoms with Crippen LogP contribution in [0, 0.1) is 0 Å². The number of benzene rings is 1. The summed E-state index contributed by atoms with van der Waals surface area (Å²) in [7, 11) is 0. The van der Waals surface area contributed by atoms with Gasteiger partial charge in [0.25, 0.3) is 0 Å². The maximum Gasteiger partial charge on any atom is 0.152 e. The van der Waals surface area contributed by atoms with Crippen LogP contribution in [0.5, 0.6) is 0 Å². The highest BCUT2D eigenvalue weighted by atomic mass is 19.1. The average Bonchev–Trinajstić information content (AvgIpc) is 2.18. The lowest BCUT2D eigenvalue weighted by Crippen LogP contribution is -2.27. The highest BCUT2D eigenvalue weighted by Gasteiger charge is 2.28. The minimum Gasteiger partial charge on any atom is -0.482 e. The molecule has 2 heteroatoms. The molecule has 1 aromatic carbocycles. The molecule has 1 heterocycles. The second-order valence-corrected chi connectivity index (χ2v) is 3.14. The standard InChI is InChI=1S/C11H11FO/c1-8-10(7-12)13-11(8)9-5-3-2-4-6-9/h2-6,10H,7H2,1H3/t10-/m1/s1. The van der Waals surface area contributed by atoms with Gasteiger partial charge in [-0.2, -0.15) is 0 Å². The van der Waals surface area contributed by atoms with E-state index in [2.05, 4.69) is 0 Å². The first-order valence-corrected chi connectivity index (χ1v) is 4.31. The lowest BCUT2D eigenvalue weighted by atomic mass is 10.0. The van der Waals surface area contributed by atoms with Crippen molar-refractivity contribution in [2.75, 3.05) is 6.67 Å². The normalized spacial score (nSPS) is 20.9. The fourth-order valence-electron chi connectivity index (χ4n) is 1.44. The van der Waals surface area contributed by atoms with Crippen LogP contribution in [-0.2, 0) is 4.74 Å². The van der Waals surface area contributed by atoms with Crippen LogP contribution in [-0.4, -0.2) is 12.8 Å². The minimum atomic E-state index is -0.428. The molecule has 0 unspecified atom stereocenters. The van der Waals surface area contributed by atoms with E-state index in [-0.39, 0.29) is 6.10 Å².